The van der Waals surface area contributed by atoms with Crippen molar-refractivity contribution in [3.05, 3.63) is 4.91 Å². The lowest BCUT2D eigenvalue weighted by molar-refractivity contribution is 0.504. The number of nitrogens with one attached hydrogen (secondary N) is 1. The molecule has 0 aromatic rings. The van der Waals surface area contributed by atoms with Crippen LogP contribution in [-0.2, 0) is 0 Å². The van der Waals surface area contributed by atoms with Crippen LogP contribution < -0.4 is 0 Å². The van der Waals surface area contributed by atoms with Crippen molar-refractivity contribution in [3.8, 4) is 0 Å². The molecule has 11 heavy (non-hydrogen) atoms. The standard InChI is InChI=1S/C6H11N3OS/c7-6(4-11)9-2-1-5(3-9)8-10/h5,7,11H,1-4H2. The van der Waals surface area contributed by atoms with Gasteiger partial charge in [0.1, 0.15) is 11.9 Å². The van der Waals surface area contributed by atoms with Gasteiger partial charge in [0.2, 0.25) is 0 Å². The van der Waals surface area contributed by atoms with E-state index < -0.39 is 0 Å². The molecule has 0 spiro atoms. The molecule has 0 amide bonds. The van der Waals surface area contributed by atoms with Crippen LogP contribution in [0.4, 0.5) is 0 Å². The number of amidine groups is 1. The molecular weight excluding hydrogens is 162 g/mol. The quantitative estimate of drug-likeness (QED) is 0.280. The molecule has 1 fully saturated rings. The second-order valence-electron chi connectivity index (χ2n) is 2.60. The van der Waals surface area contributed by atoms with Crippen LogP contribution in [0.15, 0.2) is 5.18 Å². The van der Waals surface area contributed by atoms with Crippen LogP contribution in [0.5, 0.6) is 0 Å². The molecule has 1 N–H and O–H groups in total. The van der Waals surface area contributed by atoms with Crippen LogP contribution in [0.25, 0.3) is 0 Å². The summed E-state index contributed by atoms with van der Waals surface area (Å²) >= 11 is 3.97. The molecular formula is C6H11N3OS. The van der Waals surface area contributed by atoms with E-state index >= 15 is 0 Å². The summed E-state index contributed by atoms with van der Waals surface area (Å²) in [5.74, 6) is 0.922. The van der Waals surface area contributed by atoms with E-state index in [1.807, 2.05) is 4.90 Å². The monoisotopic (exact) mass is 173 g/mol. The van der Waals surface area contributed by atoms with Gasteiger partial charge in [0, 0.05) is 18.8 Å². The zero-order chi connectivity index (χ0) is 8.27. The van der Waals surface area contributed by atoms with Gasteiger partial charge in [-0.2, -0.15) is 17.5 Å². The molecule has 1 rings (SSSR count). The van der Waals surface area contributed by atoms with Crippen LogP contribution >= 0.6 is 12.6 Å². The van der Waals surface area contributed by atoms with Gasteiger partial charge in [-0.1, -0.05) is 5.18 Å². The summed E-state index contributed by atoms with van der Waals surface area (Å²) in [6.07, 6.45) is 0.777. The van der Waals surface area contributed by atoms with Crippen molar-refractivity contribution in [1.82, 2.24) is 4.90 Å². The fraction of sp³-hybridized carbons (Fsp3) is 0.833. The molecule has 62 valence electrons. The Morgan fingerprint density at radius 3 is 3.00 bits per heavy atom. The Morgan fingerprint density at radius 1 is 1.82 bits per heavy atom. The lowest BCUT2D eigenvalue weighted by atomic mass is 10.3. The SMILES string of the molecule is N=C(CS)N1CCC(N=O)C1. The number of rotatable bonds is 2. The van der Waals surface area contributed by atoms with Crippen LogP contribution in [-0.4, -0.2) is 35.6 Å². The molecule has 1 unspecified atom stereocenters. The maximum Gasteiger partial charge on any atom is 0.111 e. The number of hydrogen-bond acceptors (Lipinski definition) is 4. The molecule has 5 heteroatoms. The van der Waals surface area contributed by atoms with E-state index in [9.17, 15) is 4.91 Å². The molecule has 1 aliphatic heterocycles. The smallest absolute Gasteiger partial charge is 0.111 e. The molecule has 1 atom stereocenters. The van der Waals surface area contributed by atoms with Crippen molar-refractivity contribution in [2.24, 2.45) is 5.18 Å². The summed E-state index contributed by atoms with van der Waals surface area (Å²) in [5, 5.41) is 10.3. The second-order valence-corrected chi connectivity index (χ2v) is 2.91. The molecule has 1 saturated heterocycles. The topological polar surface area (TPSA) is 56.5 Å². The minimum Gasteiger partial charge on any atom is -0.358 e. The molecule has 4 nitrogen and oxygen atoms in total. The van der Waals surface area contributed by atoms with Crippen LogP contribution in [0.2, 0.25) is 0 Å². The van der Waals surface area contributed by atoms with Crippen LogP contribution in [0.3, 0.4) is 0 Å². The van der Waals surface area contributed by atoms with Gasteiger partial charge >= 0.3 is 0 Å². The predicted octanol–water partition coefficient (Wildman–Crippen LogP) is 0.734. The molecule has 0 aromatic carbocycles. The summed E-state index contributed by atoms with van der Waals surface area (Å²) in [4.78, 5) is 11.9. The summed E-state index contributed by atoms with van der Waals surface area (Å²) in [6, 6.07) is -0.116. The third-order valence-corrected chi connectivity index (χ3v) is 2.14. The lowest BCUT2D eigenvalue weighted by Crippen LogP contribution is -2.29. The first-order chi connectivity index (χ1) is 5.27. The summed E-state index contributed by atoms with van der Waals surface area (Å²) in [6.45, 7) is 1.37. The highest BCUT2D eigenvalue weighted by molar-refractivity contribution is 7.81. The molecule has 1 aliphatic rings. The number of hydrogen-bond donors (Lipinski definition) is 2. The average Bonchev–Trinajstić information content (AvgIpc) is 2.50. The number of likely N-dealkylation sites (tertiary alicyclic amines) is 1. The number of thiol groups is 1. The minimum atomic E-state index is -0.116. The van der Waals surface area contributed by atoms with Crippen molar-refractivity contribution in [2.75, 3.05) is 18.8 Å². The minimum absolute atomic E-state index is 0.116. The highest BCUT2D eigenvalue weighted by atomic mass is 32.1. The highest BCUT2D eigenvalue weighted by Gasteiger charge is 2.23. The van der Waals surface area contributed by atoms with Gasteiger partial charge in [-0.3, -0.25) is 5.41 Å². The maximum atomic E-state index is 10.1. The fourth-order valence-electron chi connectivity index (χ4n) is 1.17. The van der Waals surface area contributed by atoms with Crippen molar-refractivity contribution in [1.29, 1.82) is 5.41 Å². The Labute approximate surface area is 70.9 Å². The van der Waals surface area contributed by atoms with Crippen molar-refractivity contribution >= 4 is 18.5 Å². The number of nitrogens with zero attached hydrogens (tertiary/aromatic N) is 2. The van der Waals surface area contributed by atoms with E-state index in [2.05, 4.69) is 17.8 Å². The first-order valence-corrected chi connectivity index (χ1v) is 4.17. The summed E-state index contributed by atoms with van der Waals surface area (Å²) < 4.78 is 0. The third-order valence-electron chi connectivity index (χ3n) is 1.84. The first kappa shape index (κ1) is 8.52. The molecule has 0 aromatic heterocycles. The summed E-state index contributed by atoms with van der Waals surface area (Å²) in [7, 11) is 0. The van der Waals surface area contributed by atoms with Gasteiger partial charge in [-0.25, -0.2) is 0 Å². The number of nitroso groups, excluding NO2 is 1. The largest absolute Gasteiger partial charge is 0.358 e. The third kappa shape index (κ3) is 1.92. The molecule has 1 heterocycles. The zero-order valence-electron chi connectivity index (χ0n) is 6.16. The Hall–Kier alpha value is -0.580. The van der Waals surface area contributed by atoms with Gasteiger partial charge < -0.3 is 4.90 Å². The Balaban J connectivity index is 2.41. The first-order valence-electron chi connectivity index (χ1n) is 3.53. The average molecular weight is 173 g/mol. The Kier molecular flexibility index (Phi) is 2.87. The Morgan fingerprint density at radius 2 is 2.55 bits per heavy atom. The van der Waals surface area contributed by atoms with E-state index in [0.29, 0.717) is 18.1 Å². The van der Waals surface area contributed by atoms with Crippen molar-refractivity contribution < 1.29 is 0 Å². The van der Waals surface area contributed by atoms with Crippen LogP contribution in [0, 0.1) is 10.3 Å². The summed E-state index contributed by atoms with van der Waals surface area (Å²) in [5.41, 5.74) is 0. The van der Waals surface area contributed by atoms with E-state index in [0.717, 1.165) is 13.0 Å². The second kappa shape index (κ2) is 3.71. The lowest BCUT2D eigenvalue weighted by Gasteiger charge is -2.16. The van der Waals surface area contributed by atoms with E-state index in [1.54, 1.807) is 0 Å². The van der Waals surface area contributed by atoms with Gasteiger partial charge in [0.25, 0.3) is 0 Å². The van der Waals surface area contributed by atoms with Gasteiger partial charge in [-0.05, 0) is 6.42 Å². The Bertz CT molecular complexity index is 173. The van der Waals surface area contributed by atoms with Crippen molar-refractivity contribution in [3.63, 3.8) is 0 Å². The fourth-order valence-corrected chi connectivity index (χ4v) is 1.37. The van der Waals surface area contributed by atoms with E-state index in [1.165, 1.54) is 0 Å². The van der Waals surface area contributed by atoms with E-state index in [4.69, 9.17) is 5.41 Å². The zero-order valence-corrected chi connectivity index (χ0v) is 7.05. The maximum absolute atomic E-state index is 10.1. The van der Waals surface area contributed by atoms with Gasteiger partial charge in [0.05, 0.1) is 0 Å². The molecule has 0 saturated carbocycles. The van der Waals surface area contributed by atoms with Crippen molar-refractivity contribution in [2.45, 2.75) is 12.5 Å². The van der Waals surface area contributed by atoms with Gasteiger partial charge in [0.15, 0.2) is 0 Å². The van der Waals surface area contributed by atoms with Crippen LogP contribution in [0.1, 0.15) is 6.42 Å². The highest BCUT2D eigenvalue weighted by Crippen LogP contribution is 2.12. The molecule has 0 radical (unpaired) electrons. The van der Waals surface area contributed by atoms with Gasteiger partial charge in [-0.15, -0.1) is 0 Å². The predicted molar refractivity (Wildman–Crippen MR) is 47.4 cm³/mol. The molecule has 0 bridgehead atoms. The molecule has 0 aliphatic carbocycles. The van der Waals surface area contributed by atoms with E-state index in [-0.39, 0.29) is 6.04 Å². The normalized spacial score (nSPS) is 23.7.